The van der Waals surface area contributed by atoms with Crippen molar-refractivity contribution in [2.24, 2.45) is 5.92 Å². The Morgan fingerprint density at radius 1 is 0.792 bits per heavy atom. The third-order valence-corrected chi connectivity index (χ3v) is 5.17. The molecule has 1 aliphatic heterocycles. The Hall–Kier alpha value is -1.59. The van der Waals surface area contributed by atoms with Gasteiger partial charge in [0.05, 0.1) is 0 Å². The molecule has 0 bridgehead atoms. The highest BCUT2D eigenvalue weighted by molar-refractivity contribution is 5.78. The number of unbranched alkanes of at least 4 members (excludes halogenated alkanes) is 1. The zero-order chi connectivity index (χ0) is 17.4. The largest absolute Gasteiger partial charge is 0.481 e. The van der Waals surface area contributed by atoms with Crippen LogP contribution in [0.2, 0.25) is 0 Å². The van der Waals surface area contributed by atoms with Gasteiger partial charge in [0.25, 0.3) is 0 Å². The monoisotopic (exact) mass is 338 g/mol. The normalized spacial score (nSPS) is 19.3. The maximum Gasteiger partial charge on any atom is 0.303 e. The van der Waals surface area contributed by atoms with E-state index in [9.17, 15) is 14.4 Å². The summed E-state index contributed by atoms with van der Waals surface area (Å²) in [5, 5.41) is 8.61. The Bertz CT molecular complexity index is 446. The van der Waals surface area contributed by atoms with Gasteiger partial charge in [-0.15, -0.1) is 0 Å². The lowest BCUT2D eigenvalue weighted by Crippen LogP contribution is -2.37. The van der Waals surface area contributed by atoms with Crippen molar-refractivity contribution >= 4 is 17.8 Å². The summed E-state index contributed by atoms with van der Waals surface area (Å²) in [4.78, 5) is 38.9. The molecule has 0 spiro atoms. The highest BCUT2D eigenvalue weighted by Crippen LogP contribution is 2.28. The Morgan fingerprint density at radius 2 is 1.38 bits per heavy atom. The molecule has 2 rings (SSSR count). The number of carbonyl (C=O) groups is 3. The van der Waals surface area contributed by atoms with Gasteiger partial charge in [-0.2, -0.15) is 0 Å². The van der Waals surface area contributed by atoms with Crippen molar-refractivity contribution in [3.05, 3.63) is 0 Å². The van der Waals surface area contributed by atoms with Gasteiger partial charge in [0.15, 0.2) is 0 Å². The van der Waals surface area contributed by atoms with Crippen molar-refractivity contribution in [1.82, 2.24) is 9.80 Å². The lowest BCUT2D eigenvalue weighted by Gasteiger charge is -2.23. The van der Waals surface area contributed by atoms with Crippen LogP contribution >= 0.6 is 0 Å². The average molecular weight is 338 g/mol. The van der Waals surface area contributed by atoms with Crippen LogP contribution in [0.1, 0.15) is 64.2 Å². The van der Waals surface area contributed by atoms with Crippen LogP contribution in [0.15, 0.2) is 0 Å². The van der Waals surface area contributed by atoms with E-state index in [4.69, 9.17) is 5.11 Å². The minimum atomic E-state index is -0.811. The molecule has 24 heavy (non-hydrogen) atoms. The third kappa shape index (κ3) is 6.13. The van der Waals surface area contributed by atoms with Gasteiger partial charge in [0, 0.05) is 45.4 Å². The summed E-state index contributed by atoms with van der Waals surface area (Å²) < 4.78 is 0. The maximum absolute atomic E-state index is 12.4. The van der Waals surface area contributed by atoms with E-state index < -0.39 is 5.97 Å². The Morgan fingerprint density at radius 3 is 2.00 bits per heavy atom. The molecule has 0 unspecified atom stereocenters. The van der Waals surface area contributed by atoms with Crippen molar-refractivity contribution in [3.8, 4) is 0 Å². The van der Waals surface area contributed by atoms with Gasteiger partial charge in [-0.05, 0) is 38.0 Å². The van der Waals surface area contributed by atoms with Crippen LogP contribution in [0, 0.1) is 5.92 Å². The number of hydrogen-bond acceptors (Lipinski definition) is 3. The third-order valence-electron chi connectivity index (χ3n) is 5.17. The summed E-state index contributed by atoms with van der Waals surface area (Å²) in [6.45, 7) is 2.68. The van der Waals surface area contributed by atoms with Crippen LogP contribution in [-0.4, -0.2) is 58.9 Å². The van der Waals surface area contributed by atoms with E-state index in [0.717, 1.165) is 13.0 Å². The molecule has 6 heteroatoms. The summed E-state index contributed by atoms with van der Waals surface area (Å²) in [6, 6.07) is 0. The van der Waals surface area contributed by atoms with E-state index in [1.165, 1.54) is 25.7 Å². The summed E-state index contributed by atoms with van der Waals surface area (Å²) in [5.41, 5.74) is 0. The standard InChI is InChI=1S/C18H30N2O4/c21-16(8-3-4-9-18(23)24)19-10-5-11-20(13-12-19)17(22)14-15-6-1-2-7-15/h15H,1-14H2,(H,23,24). The molecule has 0 aromatic carbocycles. The molecule has 2 amide bonds. The average Bonchev–Trinajstić information content (AvgIpc) is 2.92. The second-order valence-electron chi connectivity index (χ2n) is 7.07. The SMILES string of the molecule is O=C(O)CCCCC(=O)N1CCCN(C(=O)CC2CCCC2)CC1. The second kappa shape index (κ2) is 9.64. The van der Waals surface area contributed by atoms with Gasteiger partial charge in [-0.3, -0.25) is 14.4 Å². The molecule has 1 aliphatic carbocycles. The van der Waals surface area contributed by atoms with Gasteiger partial charge < -0.3 is 14.9 Å². The maximum atomic E-state index is 12.4. The summed E-state index contributed by atoms with van der Waals surface area (Å²) in [6.07, 6.45) is 8.05. The van der Waals surface area contributed by atoms with E-state index in [-0.39, 0.29) is 18.2 Å². The summed E-state index contributed by atoms with van der Waals surface area (Å²) in [5.74, 6) is 0.0875. The molecular formula is C18H30N2O4. The first-order valence-corrected chi connectivity index (χ1v) is 9.33. The lowest BCUT2D eigenvalue weighted by molar-refractivity contribution is -0.137. The van der Waals surface area contributed by atoms with Crippen molar-refractivity contribution in [1.29, 1.82) is 0 Å². The number of amides is 2. The minimum Gasteiger partial charge on any atom is -0.481 e. The van der Waals surface area contributed by atoms with Gasteiger partial charge in [0.2, 0.25) is 11.8 Å². The fourth-order valence-electron chi connectivity index (χ4n) is 3.72. The first kappa shape index (κ1) is 18.7. The zero-order valence-electron chi connectivity index (χ0n) is 14.5. The molecule has 2 fully saturated rings. The topological polar surface area (TPSA) is 77.9 Å². The number of hydrogen-bond donors (Lipinski definition) is 1. The van der Waals surface area contributed by atoms with Gasteiger partial charge in [-0.25, -0.2) is 0 Å². The van der Waals surface area contributed by atoms with E-state index in [0.29, 0.717) is 51.2 Å². The molecule has 0 atom stereocenters. The molecule has 6 nitrogen and oxygen atoms in total. The molecule has 1 N–H and O–H groups in total. The Labute approximate surface area is 144 Å². The molecule has 0 radical (unpaired) electrons. The van der Waals surface area contributed by atoms with Crippen LogP contribution in [0.5, 0.6) is 0 Å². The number of aliphatic carboxylic acids is 1. The Kier molecular flexibility index (Phi) is 7.53. The molecule has 2 aliphatic rings. The predicted molar refractivity (Wildman–Crippen MR) is 90.5 cm³/mol. The predicted octanol–water partition coefficient (Wildman–Crippen LogP) is 2.27. The molecule has 1 saturated carbocycles. The number of rotatable bonds is 7. The van der Waals surface area contributed by atoms with Crippen LogP contribution in [0.25, 0.3) is 0 Å². The zero-order valence-corrected chi connectivity index (χ0v) is 14.5. The quantitative estimate of drug-likeness (QED) is 0.722. The van der Waals surface area contributed by atoms with Crippen molar-refractivity contribution < 1.29 is 19.5 Å². The number of carboxylic acid groups (broad SMARTS) is 1. The minimum absolute atomic E-state index is 0.0884. The van der Waals surface area contributed by atoms with Gasteiger partial charge in [-0.1, -0.05) is 12.8 Å². The molecule has 0 aromatic heterocycles. The molecule has 1 saturated heterocycles. The highest BCUT2D eigenvalue weighted by atomic mass is 16.4. The molecule has 1 heterocycles. The fourth-order valence-corrected chi connectivity index (χ4v) is 3.72. The highest BCUT2D eigenvalue weighted by Gasteiger charge is 2.25. The van der Waals surface area contributed by atoms with Gasteiger partial charge in [0.1, 0.15) is 0 Å². The van der Waals surface area contributed by atoms with E-state index in [1.807, 2.05) is 9.80 Å². The van der Waals surface area contributed by atoms with Crippen molar-refractivity contribution in [2.75, 3.05) is 26.2 Å². The number of carboxylic acids is 1. The van der Waals surface area contributed by atoms with E-state index in [1.54, 1.807) is 0 Å². The van der Waals surface area contributed by atoms with Gasteiger partial charge >= 0.3 is 5.97 Å². The smallest absolute Gasteiger partial charge is 0.303 e. The molecule has 0 aromatic rings. The number of carbonyl (C=O) groups excluding carboxylic acids is 2. The first-order chi connectivity index (χ1) is 11.6. The molecular weight excluding hydrogens is 308 g/mol. The van der Waals surface area contributed by atoms with E-state index >= 15 is 0 Å². The van der Waals surface area contributed by atoms with Crippen molar-refractivity contribution in [2.45, 2.75) is 64.2 Å². The van der Waals surface area contributed by atoms with Crippen molar-refractivity contribution in [3.63, 3.8) is 0 Å². The molecule has 136 valence electrons. The fraction of sp³-hybridized carbons (Fsp3) is 0.833. The summed E-state index contributed by atoms with van der Waals surface area (Å²) >= 11 is 0. The van der Waals surface area contributed by atoms with Crippen LogP contribution < -0.4 is 0 Å². The summed E-state index contributed by atoms with van der Waals surface area (Å²) in [7, 11) is 0. The number of nitrogens with zero attached hydrogens (tertiary/aromatic N) is 2. The first-order valence-electron chi connectivity index (χ1n) is 9.33. The lowest BCUT2D eigenvalue weighted by atomic mass is 10.0. The van der Waals surface area contributed by atoms with Crippen LogP contribution in [-0.2, 0) is 14.4 Å². The second-order valence-corrected chi connectivity index (χ2v) is 7.07. The van der Waals surface area contributed by atoms with E-state index in [2.05, 4.69) is 0 Å². The van der Waals surface area contributed by atoms with Crippen LogP contribution in [0.3, 0.4) is 0 Å². The Balaban J connectivity index is 1.70. The van der Waals surface area contributed by atoms with Crippen LogP contribution in [0.4, 0.5) is 0 Å².